The molecular formula is C22H20ClN3O5S. The normalized spacial score (nSPS) is 10.8. The molecular weight excluding hydrogens is 454 g/mol. The highest BCUT2D eigenvalue weighted by atomic mass is 35.5. The molecule has 0 fully saturated rings. The quantitative estimate of drug-likeness (QED) is 0.463. The van der Waals surface area contributed by atoms with Crippen molar-refractivity contribution in [2.45, 2.75) is 4.90 Å². The summed E-state index contributed by atoms with van der Waals surface area (Å²) in [7, 11) is -2.27. The minimum absolute atomic E-state index is 0.0262. The molecule has 3 rings (SSSR count). The van der Waals surface area contributed by atoms with Crippen molar-refractivity contribution in [1.82, 2.24) is 5.32 Å². The lowest BCUT2D eigenvalue weighted by molar-refractivity contribution is -0.115. The lowest BCUT2D eigenvalue weighted by Gasteiger charge is -2.10. The van der Waals surface area contributed by atoms with E-state index >= 15 is 0 Å². The molecule has 166 valence electrons. The van der Waals surface area contributed by atoms with Crippen LogP contribution in [0.2, 0.25) is 5.02 Å². The minimum atomic E-state index is -3.80. The second-order valence-electron chi connectivity index (χ2n) is 6.60. The van der Waals surface area contributed by atoms with Gasteiger partial charge in [-0.15, -0.1) is 0 Å². The van der Waals surface area contributed by atoms with Gasteiger partial charge in [-0.25, -0.2) is 8.42 Å². The van der Waals surface area contributed by atoms with Gasteiger partial charge in [0, 0.05) is 22.0 Å². The molecule has 3 aromatic carbocycles. The Balaban J connectivity index is 1.54. The number of ether oxygens (including phenoxy) is 1. The maximum absolute atomic E-state index is 12.5. The number of hydrogen-bond acceptors (Lipinski definition) is 5. The molecule has 32 heavy (non-hydrogen) atoms. The summed E-state index contributed by atoms with van der Waals surface area (Å²) in [6, 6.07) is 18.4. The molecule has 8 nitrogen and oxygen atoms in total. The summed E-state index contributed by atoms with van der Waals surface area (Å²) in [6.07, 6.45) is 0. The Kier molecular flexibility index (Phi) is 7.34. The Hall–Kier alpha value is -3.56. The molecule has 3 aromatic rings. The number of amides is 2. The number of hydrogen-bond donors (Lipinski definition) is 3. The maximum Gasteiger partial charge on any atom is 0.261 e. The highest BCUT2D eigenvalue weighted by molar-refractivity contribution is 7.92. The number of carbonyl (C=O) groups is 2. The van der Waals surface area contributed by atoms with Gasteiger partial charge >= 0.3 is 0 Å². The van der Waals surface area contributed by atoms with Crippen molar-refractivity contribution in [2.24, 2.45) is 0 Å². The topological polar surface area (TPSA) is 114 Å². The lowest BCUT2D eigenvalue weighted by atomic mass is 10.2. The van der Waals surface area contributed by atoms with Crippen LogP contribution in [0.15, 0.2) is 77.7 Å². The predicted octanol–water partition coefficient (Wildman–Crippen LogP) is 3.52. The number of anilines is 2. The SMILES string of the molecule is COc1ccc(C(=O)NCC(=O)Nc2ccc(S(=O)(=O)Nc3ccc(Cl)cc3)cc2)cc1. The number of sulfonamides is 1. The Morgan fingerprint density at radius 2 is 1.47 bits per heavy atom. The molecule has 0 aliphatic carbocycles. The molecule has 0 saturated carbocycles. The van der Waals surface area contributed by atoms with Crippen molar-refractivity contribution >= 4 is 44.8 Å². The van der Waals surface area contributed by atoms with Crippen LogP contribution in [0.25, 0.3) is 0 Å². The fourth-order valence-electron chi connectivity index (χ4n) is 2.66. The maximum atomic E-state index is 12.5. The molecule has 0 atom stereocenters. The molecule has 0 heterocycles. The van der Waals surface area contributed by atoms with E-state index in [1.54, 1.807) is 48.5 Å². The number of halogens is 1. The second-order valence-corrected chi connectivity index (χ2v) is 8.71. The average molecular weight is 474 g/mol. The Labute approximate surface area is 190 Å². The van der Waals surface area contributed by atoms with Crippen molar-refractivity contribution < 1.29 is 22.7 Å². The van der Waals surface area contributed by atoms with Gasteiger partial charge in [-0.2, -0.15) is 0 Å². The van der Waals surface area contributed by atoms with Gasteiger partial charge in [0.1, 0.15) is 5.75 Å². The van der Waals surface area contributed by atoms with Crippen molar-refractivity contribution in [3.05, 3.63) is 83.4 Å². The largest absolute Gasteiger partial charge is 0.497 e. The summed E-state index contributed by atoms with van der Waals surface area (Å²) in [5.41, 5.74) is 1.15. The standard InChI is InChI=1S/C22H20ClN3O5S/c1-31-19-10-2-15(3-11-19)22(28)24-14-21(27)25-17-8-12-20(13-9-17)32(29,30)26-18-6-4-16(23)5-7-18/h2-13,26H,14H2,1H3,(H,24,28)(H,25,27). The van der Waals surface area contributed by atoms with Gasteiger partial charge in [0.05, 0.1) is 18.6 Å². The van der Waals surface area contributed by atoms with Crippen molar-refractivity contribution in [1.29, 1.82) is 0 Å². The summed E-state index contributed by atoms with van der Waals surface area (Å²) in [6.45, 7) is -0.247. The average Bonchev–Trinajstić information content (AvgIpc) is 2.79. The smallest absolute Gasteiger partial charge is 0.261 e. The molecule has 0 saturated heterocycles. The van der Waals surface area contributed by atoms with E-state index < -0.39 is 21.8 Å². The van der Waals surface area contributed by atoms with E-state index in [0.717, 1.165) is 0 Å². The molecule has 0 aromatic heterocycles. The van der Waals surface area contributed by atoms with E-state index in [0.29, 0.717) is 27.7 Å². The molecule has 0 aliphatic rings. The molecule has 0 unspecified atom stereocenters. The van der Waals surface area contributed by atoms with Gasteiger partial charge in [0.15, 0.2) is 0 Å². The monoisotopic (exact) mass is 473 g/mol. The van der Waals surface area contributed by atoms with Crippen LogP contribution < -0.4 is 20.1 Å². The summed E-state index contributed by atoms with van der Waals surface area (Å²) in [4.78, 5) is 24.3. The van der Waals surface area contributed by atoms with Crippen LogP contribution in [0, 0.1) is 0 Å². The van der Waals surface area contributed by atoms with Gasteiger partial charge in [-0.1, -0.05) is 11.6 Å². The highest BCUT2D eigenvalue weighted by Crippen LogP contribution is 2.20. The number of rotatable bonds is 8. The Morgan fingerprint density at radius 3 is 2.06 bits per heavy atom. The fraction of sp³-hybridized carbons (Fsp3) is 0.0909. The molecule has 0 bridgehead atoms. The summed E-state index contributed by atoms with van der Waals surface area (Å²) in [5, 5.41) is 5.61. The van der Waals surface area contributed by atoms with Gasteiger partial charge < -0.3 is 15.4 Å². The summed E-state index contributed by atoms with van der Waals surface area (Å²) >= 11 is 5.80. The molecule has 3 N–H and O–H groups in total. The van der Waals surface area contributed by atoms with Crippen molar-refractivity contribution in [3.8, 4) is 5.75 Å². The first-order valence-corrected chi connectivity index (χ1v) is 11.2. The van der Waals surface area contributed by atoms with Crippen molar-refractivity contribution in [3.63, 3.8) is 0 Å². The second kappa shape index (κ2) is 10.2. The van der Waals surface area contributed by atoms with Crippen molar-refractivity contribution in [2.75, 3.05) is 23.7 Å². The molecule has 0 aliphatic heterocycles. The van der Waals surface area contributed by atoms with Crippen LogP contribution in [-0.2, 0) is 14.8 Å². The van der Waals surface area contributed by atoms with Crippen LogP contribution in [0.3, 0.4) is 0 Å². The van der Waals surface area contributed by atoms with Crippen LogP contribution in [0.4, 0.5) is 11.4 Å². The van der Waals surface area contributed by atoms with Gasteiger partial charge in [-0.3, -0.25) is 14.3 Å². The molecule has 0 spiro atoms. The van der Waals surface area contributed by atoms with Crippen LogP contribution in [0.5, 0.6) is 5.75 Å². The van der Waals surface area contributed by atoms with Gasteiger partial charge in [-0.05, 0) is 72.8 Å². The van der Waals surface area contributed by atoms with Crippen LogP contribution in [0.1, 0.15) is 10.4 Å². The van der Waals surface area contributed by atoms with Gasteiger partial charge in [0.25, 0.3) is 15.9 Å². The third-order valence-corrected chi connectivity index (χ3v) is 5.96. The number of methoxy groups -OCH3 is 1. The van der Waals surface area contributed by atoms with Crippen LogP contribution >= 0.6 is 11.6 Å². The minimum Gasteiger partial charge on any atom is -0.497 e. The Morgan fingerprint density at radius 1 is 0.875 bits per heavy atom. The fourth-order valence-corrected chi connectivity index (χ4v) is 3.84. The third kappa shape index (κ3) is 6.22. The lowest BCUT2D eigenvalue weighted by Crippen LogP contribution is -2.32. The first-order valence-electron chi connectivity index (χ1n) is 9.37. The van der Waals surface area contributed by atoms with Crippen LogP contribution in [-0.4, -0.2) is 33.9 Å². The molecule has 0 radical (unpaired) electrons. The van der Waals surface area contributed by atoms with E-state index in [-0.39, 0.29) is 11.4 Å². The first-order chi connectivity index (χ1) is 15.3. The zero-order chi connectivity index (χ0) is 23.1. The molecule has 2 amide bonds. The third-order valence-electron chi connectivity index (χ3n) is 4.31. The predicted molar refractivity (Wildman–Crippen MR) is 123 cm³/mol. The number of benzene rings is 3. The van der Waals surface area contributed by atoms with E-state index in [2.05, 4.69) is 15.4 Å². The summed E-state index contributed by atoms with van der Waals surface area (Å²) in [5.74, 6) is -0.243. The van der Waals surface area contributed by atoms with E-state index in [9.17, 15) is 18.0 Å². The van der Waals surface area contributed by atoms with E-state index in [1.165, 1.54) is 31.4 Å². The van der Waals surface area contributed by atoms with E-state index in [1.807, 2.05) is 0 Å². The molecule has 10 heteroatoms. The number of carbonyl (C=O) groups excluding carboxylic acids is 2. The Bertz CT molecular complexity index is 1200. The summed E-state index contributed by atoms with van der Waals surface area (Å²) < 4.78 is 32.5. The first kappa shape index (κ1) is 23.1. The van der Waals surface area contributed by atoms with E-state index in [4.69, 9.17) is 16.3 Å². The zero-order valence-electron chi connectivity index (χ0n) is 17.0. The van der Waals surface area contributed by atoms with Gasteiger partial charge in [0.2, 0.25) is 5.91 Å². The highest BCUT2D eigenvalue weighted by Gasteiger charge is 2.15. The number of nitrogens with one attached hydrogen (secondary N) is 3. The zero-order valence-corrected chi connectivity index (χ0v) is 18.5.